The number of nitrogens with one attached hydrogen (secondary N) is 1. The summed E-state index contributed by atoms with van der Waals surface area (Å²) < 4.78 is 41.1. The molecule has 1 saturated carbocycles. The van der Waals surface area contributed by atoms with Gasteiger partial charge < -0.3 is 5.32 Å². The van der Waals surface area contributed by atoms with Crippen LogP contribution in [-0.2, 0) is 6.54 Å². The van der Waals surface area contributed by atoms with Gasteiger partial charge >= 0.3 is 6.18 Å². The number of aryl methyl sites for hydroxylation is 1. The molecular formula is C16H19F3N4O. The number of hydrogen-bond donors (Lipinski definition) is 1. The van der Waals surface area contributed by atoms with Gasteiger partial charge in [0.2, 0.25) is 0 Å². The van der Waals surface area contributed by atoms with E-state index in [-0.39, 0.29) is 6.42 Å². The van der Waals surface area contributed by atoms with Crippen molar-refractivity contribution in [3.05, 3.63) is 23.8 Å². The molecule has 0 unspecified atom stereocenters. The molecule has 0 bridgehead atoms. The van der Waals surface area contributed by atoms with Crippen molar-refractivity contribution in [1.82, 2.24) is 20.3 Å². The number of rotatable bonds is 3. The number of carbonyl (C=O) groups is 1. The van der Waals surface area contributed by atoms with Crippen LogP contribution in [0, 0.1) is 5.92 Å². The smallest absolute Gasteiger partial charge is 0.349 e. The number of aromatic nitrogens is 3. The Labute approximate surface area is 137 Å². The van der Waals surface area contributed by atoms with Crippen LogP contribution in [0.3, 0.4) is 0 Å². The van der Waals surface area contributed by atoms with E-state index >= 15 is 0 Å². The Balaban J connectivity index is 1.78. The lowest BCUT2D eigenvalue weighted by molar-refractivity contribution is -0.187. The highest BCUT2D eigenvalue weighted by molar-refractivity contribution is 5.97. The van der Waals surface area contributed by atoms with Crippen molar-refractivity contribution in [2.24, 2.45) is 5.92 Å². The van der Waals surface area contributed by atoms with Gasteiger partial charge in [0.1, 0.15) is 5.52 Å². The Morgan fingerprint density at radius 1 is 1.33 bits per heavy atom. The molecule has 1 aliphatic carbocycles. The lowest BCUT2D eigenvalue weighted by Crippen LogP contribution is -2.47. The molecule has 1 N–H and O–H groups in total. The summed E-state index contributed by atoms with van der Waals surface area (Å²) >= 11 is 0. The minimum atomic E-state index is -4.29. The Morgan fingerprint density at radius 2 is 2.08 bits per heavy atom. The SMILES string of the molecule is CCn1nnc2cc(C(=O)N[C@H]3CCCC[C@H]3C(F)(F)F)ccc21. The molecule has 1 aliphatic rings. The van der Waals surface area contributed by atoms with Gasteiger partial charge in [0.25, 0.3) is 5.91 Å². The zero-order valence-corrected chi connectivity index (χ0v) is 13.3. The van der Waals surface area contributed by atoms with Crippen molar-refractivity contribution >= 4 is 16.9 Å². The molecule has 1 heterocycles. The topological polar surface area (TPSA) is 59.8 Å². The van der Waals surface area contributed by atoms with Gasteiger partial charge in [-0.15, -0.1) is 5.10 Å². The highest BCUT2D eigenvalue weighted by atomic mass is 19.4. The number of hydrogen-bond acceptors (Lipinski definition) is 3. The Morgan fingerprint density at radius 3 is 2.79 bits per heavy atom. The van der Waals surface area contributed by atoms with E-state index in [9.17, 15) is 18.0 Å². The molecule has 2 atom stereocenters. The molecule has 0 saturated heterocycles. The van der Waals surface area contributed by atoms with Gasteiger partial charge in [-0.3, -0.25) is 4.79 Å². The minimum absolute atomic E-state index is 0.0678. The Kier molecular flexibility index (Phi) is 4.47. The van der Waals surface area contributed by atoms with Gasteiger partial charge in [0, 0.05) is 18.2 Å². The summed E-state index contributed by atoms with van der Waals surface area (Å²) in [6, 6.07) is 4.01. The lowest BCUT2D eigenvalue weighted by Gasteiger charge is -2.33. The number of carbonyl (C=O) groups excluding carboxylic acids is 1. The van der Waals surface area contributed by atoms with Gasteiger partial charge in [-0.2, -0.15) is 13.2 Å². The molecule has 24 heavy (non-hydrogen) atoms. The fraction of sp³-hybridized carbons (Fsp3) is 0.562. The molecule has 1 aromatic carbocycles. The molecule has 1 amide bonds. The first-order chi connectivity index (χ1) is 11.4. The zero-order valence-electron chi connectivity index (χ0n) is 13.3. The van der Waals surface area contributed by atoms with E-state index in [1.165, 1.54) is 0 Å². The van der Waals surface area contributed by atoms with E-state index in [0.29, 0.717) is 36.9 Å². The summed E-state index contributed by atoms with van der Waals surface area (Å²) in [7, 11) is 0. The highest BCUT2D eigenvalue weighted by Gasteiger charge is 2.46. The van der Waals surface area contributed by atoms with Crippen LogP contribution in [0.25, 0.3) is 11.0 Å². The maximum absolute atomic E-state index is 13.1. The van der Waals surface area contributed by atoms with Gasteiger partial charge in [0.15, 0.2) is 0 Å². The van der Waals surface area contributed by atoms with Crippen molar-refractivity contribution in [3.8, 4) is 0 Å². The third-order valence-corrected chi connectivity index (χ3v) is 4.58. The first-order valence-corrected chi connectivity index (χ1v) is 8.11. The Hall–Kier alpha value is -2.12. The number of fused-ring (bicyclic) bond motifs is 1. The molecule has 5 nitrogen and oxygen atoms in total. The summed E-state index contributed by atoms with van der Waals surface area (Å²) in [6.45, 7) is 2.58. The van der Waals surface area contributed by atoms with E-state index in [4.69, 9.17) is 0 Å². The van der Waals surface area contributed by atoms with Crippen molar-refractivity contribution in [2.45, 2.75) is 51.4 Å². The molecule has 2 aromatic rings. The molecule has 0 aliphatic heterocycles. The van der Waals surface area contributed by atoms with Crippen LogP contribution in [0.4, 0.5) is 13.2 Å². The zero-order chi connectivity index (χ0) is 17.3. The first kappa shape index (κ1) is 16.7. The fourth-order valence-corrected chi connectivity index (χ4v) is 3.29. The standard InChI is InChI=1S/C16H19F3N4O/c1-2-23-14-8-7-10(9-13(14)21-22-23)15(24)20-12-6-4-3-5-11(12)16(17,18)19/h7-9,11-12H,2-6H2,1H3,(H,20,24)/t11-,12+/m1/s1. The summed E-state index contributed by atoms with van der Waals surface area (Å²) in [5, 5.41) is 10.5. The monoisotopic (exact) mass is 340 g/mol. The molecule has 8 heteroatoms. The first-order valence-electron chi connectivity index (χ1n) is 8.11. The van der Waals surface area contributed by atoms with Gasteiger partial charge in [-0.25, -0.2) is 4.68 Å². The van der Waals surface area contributed by atoms with E-state index in [1.807, 2.05) is 6.92 Å². The maximum Gasteiger partial charge on any atom is 0.393 e. The molecule has 0 spiro atoms. The average molecular weight is 340 g/mol. The summed E-state index contributed by atoms with van der Waals surface area (Å²) in [5.41, 5.74) is 1.65. The molecule has 130 valence electrons. The third-order valence-electron chi connectivity index (χ3n) is 4.58. The van der Waals surface area contributed by atoms with Crippen LogP contribution in [0.15, 0.2) is 18.2 Å². The van der Waals surface area contributed by atoms with Crippen LogP contribution in [0.5, 0.6) is 0 Å². The van der Waals surface area contributed by atoms with Gasteiger partial charge in [-0.1, -0.05) is 18.1 Å². The van der Waals surface area contributed by atoms with E-state index in [0.717, 1.165) is 5.52 Å². The van der Waals surface area contributed by atoms with E-state index in [1.54, 1.807) is 22.9 Å². The van der Waals surface area contributed by atoms with Crippen molar-refractivity contribution < 1.29 is 18.0 Å². The number of alkyl halides is 3. The van der Waals surface area contributed by atoms with Crippen LogP contribution in [0.2, 0.25) is 0 Å². The second-order valence-electron chi connectivity index (χ2n) is 6.12. The largest absolute Gasteiger partial charge is 0.393 e. The molecular weight excluding hydrogens is 321 g/mol. The highest BCUT2D eigenvalue weighted by Crippen LogP contribution is 2.37. The predicted molar refractivity (Wildman–Crippen MR) is 82.5 cm³/mol. The average Bonchev–Trinajstić information content (AvgIpc) is 2.96. The number of halogens is 3. The molecule has 0 radical (unpaired) electrons. The Bertz CT molecular complexity index is 740. The lowest BCUT2D eigenvalue weighted by atomic mass is 9.84. The second kappa shape index (κ2) is 6.41. The number of amides is 1. The van der Waals surface area contributed by atoms with Crippen molar-refractivity contribution in [2.75, 3.05) is 0 Å². The fourth-order valence-electron chi connectivity index (χ4n) is 3.29. The van der Waals surface area contributed by atoms with Crippen molar-refractivity contribution in [1.29, 1.82) is 0 Å². The summed E-state index contributed by atoms with van der Waals surface area (Å²) in [4.78, 5) is 12.4. The third kappa shape index (κ3) is 3.22. The van der Waals surface area contributed by atoms with Crippen LogP contribution in [-0.4, -0.2) is 33.1 Å². The normalized spacial score (nSPS) is 21.8. The van der Waals surface area contributed by atoms with E-state index in [2.05, 4.69) is 15.6 Å². The van der Waals surface area contributed by atoms with Crippen LogP contribution < -0.4 is 5.32 Å². The quantitative estimate of drug-likeness (QED) is 0.933. The molecule has 1 fully saturated rings. The number of nitrogens with zero attached hydrogens (tertiary/aromatic N) is 3. The van der Waals surface area contributed by atoms with Crippen LogP contribution >= 0.6 is 0 Å². The van der Waals surface area contributed by atoms with Crippen molar-refractivity contribution in [3.63, 3.8) is 0 Å². The van der Waals surface area contributed by atoms with E-state index < -0.39 is 24.0 Å². The maximum atomic E-state index is 13.1. The molecule has 1 aromatic heterocycles. The minimum Gasteiger partial charge on any atom is -0.349 e. The van der Waals surface area contributed by atoms with Crippen LogP contribution in [0.1, 0.15) is 43.0 Å². The predicted octanol–water partition coefficient (Wildman–Crippen LogP) is 3.30. The summed E-state index contributed by atoms with van der Waals surface area (Å²) in [5.74, 6) is -1.97. The second-order valence-corrected chi connectivity index (χ2v) is 6.12. The molecule has 3 rings (SSSR count). The number of benzene rings is 1. The van der Waals surface area contributed by atoms with Gasteiger partial charge in [-0.05, 0) is 38.0 Å². The summed E-state index contributed by atoms with van der Waals surface area (Å²) in [6.07, 6.45) is -2.63. The van der Waals surface area contributed by atoms with Gasteiger partial charge in [0.05, 0.1) is 11.4 Å².